The highest BCUT2D eigenvalue weighted by atomic mass is 32.1. The molecule has 0 spiro atoms. The van der Waals surface area contributed by atoms with Crippen molar-refractivity contribution in [2.75, 3.05) is 30.3 Å². The number of pyridine rings is 2. The summed E-state index contributed by atoms with van der Waals surface area (Å²) < 4.78 is 27.0. The minimum absolute atomic E-state index is 0.0184. The molecule has 0 radical (unpaired) electrons. The number of anilines is 2. The Kier molecular flexibility index (Phi) is 6.59. The van der Waals surface area contributed by atoms with Crippen molar-refractivity contribution in [3.63, 3.8) is 0 Å². The number of hydrogen-bond acceptors (Lipinski definition) is 7. The lowest BCUT2D eigenvalue weighted by Gasteiger charge is -2.26. The van der Waals surface area contributed by atoms with E-state index in [9.17, 15) is 13.6 Å². The number of thiophene rings is 1. The summed E-state index contributed by atoms with van der Waals surface area (Å²) in [5.41, 5.74) is 9.67. The van der Waals surface area contributed by atoms with Crippen LogP contribution in [0.5, 0.6) is 0 Å². The second-order valence-corrected chi connectivity index (χ2v) is 10.4. The monoisotopic (exact) mass is 500 g/mol. The van der Waals surface area contributed by atoms with Gasteiger partial charge in [0.1, 0.15) is 15.5 Å². The average molecular weight is 501 g/mol. The molecule has 1 saturated heterocycles. The third-order valence-corrected chi connectivity index (χ3v) is 8.12. The van der Waals surface area contributed by atoms with E-state index in [-0.39, 0.29) is 18.0 Å². The summed E-state index contributed by atoms with van der Waals surface area (Å²) in [5.74, 6) is -0.128. The normalized spacial score (nSPS) is 22.1. The van der Waals surface area contributed by atoms with E-state index < -0.39 is 12.3 Å². The summed E-state index contributed by atoms with van der Waals surface area (Å²) in [7, 11) is 0. The summed E-state index contributed by atoms with van der Waals surface area (Å²) in [6.45, 7) is 5.33. The number of alkyl halides is 2. The van der Waals surface area contributed by atoms with Gasteiger partial charge in [-0.3, -0.25) is 4.79 Å². The second kappa shape index (κ2) is 9.66. The third kappa shape index (κ3) is 4.69. The number of amides is 1. The van der Waals surface area contributed by atoms with Gasteiger partial charge in [-0.25, -0.2) is 18.7 Å². The summed E-state index contributed by atoms with van der Waals surface area (Å²) in [6, 6.07) is 7.48. The van der Waals surface area contributed by atoms with Crippen LogP contribution >= 0.6 is 11.3 Å². The Hall–Kier alpha value is -2.85. The molecule has 1 aliphatic heterocycles. The lowest BCUT2D eigenvalue weighted by molar-refractivity contribution is 0.0743. The highest BCUT2D eigenvalue weighted by Gasteiger charge is 2.39. The molecule has 35 heavy (non-hydrogen) atoms. The first-order chi connectivity index (χ1) is 16.8. The molecule has 3 atom stereocenters. The smallest absolute Gasteiger partial charge is 0.263 e. The minimum Gasteiger partial charge on any atom is -0.397 e. The molecule has 4 heterocycles. The van der Waals surface area contributed by atoms with Gasteiger partial charge < -0.3 is 21.3 Å². The number of nitrogens with zero attached hydrogens (tertiary/aromatic N) is 3. The van der Waals surface area contributed by atoms with Crippen molar-refractivity contribution in [2.24, 2.45) is 5.92 Å². The van der Waals surface area contributed by atoms with Gasteiger partial charge in [-0.2, -0.15) is 0 Å². The van der Waals surface area contributed by atoms with Gasteiger partial charge in [0.05, 0.1) is 11.6 Å². The Balaban J connectivity index is 1.26. The Labute approximate surface area is 207 Å². The van der Waals surface area contributed by atoms with Gasteiger partial charge in [-0.05, 0) is 56.5 Å². The van der Waals surface area contributed by atoms with E-state index >= 15 is 0 Å². The van der Waals surface area contributed by atoms with Crippen LogP contribution in [-0.2, 0) is 12.8 Å². The highest BCUT2D eigenvalue weighted by Crippen LogP contribution is 2.33. The molecule has 0 saturated carbocycles. The molecular weight excluding hydrogens is 470 g/mol. The highest BCUT2D eigenvalue weighted by molar-refractivity contribution is 7.21. The molecular formula is C25H30F2N6OS. The number of likely N-dealkylation sites (N-methyl/N-ethyl adjacent to an activating group) is 1. The molecule has 10 heteroatoms. The predicted molar refractivity (Wildman–Crippen MR) is 135 cm³/mol. The Morgan fingerprint density at radius 3 is 2.86 bits per heavy atom. The van der Waals surface area contributed by atoms with E-state index in [0.717, 1.165) is 45.8 Å². The number of nitrogens with two attached hydrogens (primary N) is 1. The standard InChI is InChI=1S/C25H30F2N6OS/c1-3-29-19-12-33(11-17(19)23(26)27)20-9-5-14-10-15(6-8-18(14)32-20)31-24(34)22-21(28)16-7-4-13(2)30-25(16)35-22/h4-5,7,9,15,17,19,23,29H,3,6,8,10-12,28H2,1-2H3,(H,31,34). The first kappa shape index (κ1) is 23.9. The fourth-order valence-electron chi connectivity index (χ4n) is 5.16. The van der Waals surface area contributed by atoms with Crippen LogP contribution in [0.2, 0.25) is 0 Å². The summed E-state index contributed by atoms with van der Waals surface area (Å²) in [6.07, 6.45) is -0.201. The van der Waals surface area contributed by atoms with Crippen LogP contribution in [-0.4, -0.2) is 54.0 Å². The van der Waals surface area contributed by atoms with Crippen molar-refractivity contribution in [3.8, 4) is 0 Å². The number of nitrogen functional groups attached to an aromatic ring is 1. The zero-order valence-electron chi connectivity index (χ0n) is 19.9. The number of carbonyl (C=O) groups is 1. The van der Waals surface area contributed by atoms with Crippen molar-refractivity contribution < 1.29 is 13.6 Å². The fraction of sp³-hybridized carbons (Fsp3) is 0.480. The summed E-state index contributed by atoms with van der Waals surface area (Å²) >= 11 is 1.32. The number of nitrogens with one attached hydrogen (secondary N) is 2. The largest absolute Gasteiger partial charge is 0.397 e. The zero-order valence-corrected chi connectivity index (χ0v) is 20.7. The SMILES string of the molecule is CCNC1CN(c2ccc3c(n2)CCC(NC(=O)c2sc4nc(C)ccc4c2N)C3)CC1C(F)F. The lowest BCUT2D eigenvalue weighted by Crippen LogP contribution is -2.39. The van der Waals surface area contributed by atoms with Crippen LogP contribution in [0.1, 0.15) is 40.0 Å². The molecule has 7 nitrogen and oxygen atoms in total. The van der Waals surface area contributed by atoms with Gasteiger partial charge in [0.2, 0.25) is 6.43 Å². The molecule has 186 valence electrons. The number of aromatic nitrogens is 2. The molecule has 0 bridgehead atoms. The molecule has 3 aromatic heterocycles. The van der Waals surface area contributed by atoms with Gasteiger partial charge in [0.15, 0.2) is 0 Å². The van der Waals surface area contributed by atoms with E-state index in [2.05, 4.69) is 15.6 Å². The quantitative estimate of drug-likeness (QED) is 0.479. The first-order valence-electron chi connectivity index (χ1n) is 12.1. The number of aryl methyl sites for hydroxylation is 2. The number of rotatable bonds is 6. The van der Waals surface area contributed by atoms with Crippen molar-refractivity contribution in [1.82, 2.24) is 20.6 Å². The maximum Gasteiger partial charge on any atom is 0.263 e. The Morgan fingerprint density at radius 2 is 2.09 bits per heavy atom. The molecule has 4 N–H and O–H groups in total. The molecule has 2 aliphatic rings. The number of hydrogen-bond donors (Lipinski definition) is 3. The minimum atomic E-state index is -2.36. The van der Waals surface area contributed by atoms with Gasteiger partial charge in [0.25, 0.3) is 5.91 Å². The number of halogens is 2. The fourth-order valence-corrected chi connectivity index (χ4v) is 6.20. The van der Waals surface area contributed by atoms with Crippen LogP contribution < -0.4 is 21.3 Å². The second-order valence-electron chi connectivity index (χ2n) is 9.41. The predicted octanol–water partition coefficient (Wildman–Crippen LogP) is 3.55. The third-order valence-electron chi connectivity index (χ3n) is 7.00. The molecule has 5 rings (SSSR count). The number of fused-ring (bicyclic) bond motifs is 2. The van der Waals surface area contributed by atoms with Crippen molar-refractivity contribution in [1.29, 1.82) is 0 Å². The number of carbonyl (C=O) groups excluding carboxylic acids is 1. The van der Waals surface area contributed by atoms with Crippen molar-refractivity contribution >= 4 is 39.0 Å². The molecule has 0 aromatic carbocycles. The summed E-state index contributed by atoms with van der Waals surface area (Å²) in [4.78, 5) is 25.5. The van der Waals surface area contributed by atoms with Crippen LogP contribution in [0.15, 0.2) is 24.3 Å². The van der Waals surface area contributed by atoms with Crippen molar-refractivity contribution in [3.05, 3.63) is 46.1 Å². The molecule has 3 aromatic rings. The van der Waals surface area contributed by atoms with Crippen LogP contribution in [0.4, 0.5) is 20.3 Å². The molecule has 1 aliphatic carbocycles. The van der Waals surface area contributed by atoms with E-state index in [1.165, 1.54) is 11.3 Å². The summed E-state index contributed by atoms with van der Waals surface area (Å²) in [5, 5.41) is 7.13. The van der Waals surface area contributed by atoms with E-state index in [0.29, 0.717) is 36.6 Å². The van der Waals surface area contributed by atoms with Gasteiger partial charge in [0, 0.05) is 41.9 Å². The Bertz CT molecular complexity index is 1250. The first-order valence-corrected chi connectivity index (χ1v) is 12.9. The zero-order chi connectivity index (χ0) is 24.7. The maximum atomic E-state index is 13.5. The van der Waals surface area contributed by atoms with Crippen LogP contribution in [0, 0.1) is 12.8 Å². The van der Waals surface area contributed by atoms with Crippen LogP contribution in [0.25, 0.3) is 10.2 Å². The lowest BCUT2D eigenvalue weighted by atomic mass is 9.91. The molecule has 1 fully saturated rings. The topological polar surface area (TPSA) is 96.2 Å². The molecule has 1 amide bonds. The molecule has 3 unspecified atom stereocenters. The van der Waals surface area contributed by atoms with E-state index in [1.54, 1.807) is 0 Å². The maximum absolute atomic E-state index is 13.5. The van der Waals surface area contributed by atoms with Crippen molar-refractivity contribution in [2.45, 2.75) is 51.6 Å². The van der Waals surface area contributed by atoms with Gasteiger partial charge in [-0.1, -0.05) is 13.0 Å². The van der Waals surface area contributed by atoms with Crippen LogP contribution in [0.3, 0.4) is 0 Å². The van der Waals surface area contributed by atoms with Gasteiger partial charge >= 0.3 is 0 Å². The Morgan fingerprint density at radius 1 is 1.26 bits per heavy atom. The van der Waals surface area contributed by atoms with E-state index in [1.807, 2.05) is 43.0 Å². The van der Waals surface area contributed by atoms with E-state index in [4.69, 9.17) is 10.7 Å². The average Bonchev–Trinajstić information content (AvgIpc) is 3.40. The van der Waals surface area contributed by atoms with Gasteiger partial charge in [-0.15, -0.1) is 11.3 Å².